The number of para-hydroxylation sites is 1. The molecule has 0 atom stereocenters. The number of sulfonamides is 1. The highest BCUT2D eigenvalue weighted by molar-refractivity contribution is 7.89. The molecule has 1 fully saturated rings. The lowest BCUT2D eigenvalue weighted by molar-refractivity contribution is 0.0722. The number of carbonyl (C=O) groups is 2. The lowest BCUT2D eigenvalue weighted by Gasteiger charge is -2.24. The molecule has 0 radical (unpaired) electrons. The lowest BCUT2D eigenvalue weighted by Crippen LogP contribution is -2.40. The van der Waals surface area contributed by atoms with Gasteiger partial charge >= 0.3 is 0 Å². The molecule has 138 valence electrons. The quantitative estimate of drug-likeness (QED) is 0.582. The number of hydrogen-bond donors (Lipinski definition) is 2. The maximum absolute atomic E-state index is 12.5. The Morgan fingerprint density at radius 3 is 2.42 bits per heavy atom. The third-order valence-corrected chi connectivity index (χ3v) is 5.57. The van der Waals surface area contributed by atoms with Crippen molar-refractivity contribution in [3.63, 3.8) is 0 Å². The van der Waals surface area contributed by atoms with Crippen LogP contribution in [0, 0.1) is 0 Å². The number of nitrogen functional groups attached to an aromatic ring is 1. The molecule has 2 heterocycles. The monoisotopic (exact) mass is 379 g/mol. The number of nitrogens with one attached hydrogen (secondary N) is 1. The summed E-state index contributed by atoms with van der Waals surface area (Å²) in [6.07, 6.45) is 0. The highest BCUT2D eigenvalue weighted by Crippen LogP contribution is 2.20. The number of imide groups is 1. The van der Waals surface area contributed by atoms with Gasteiger partial charge in [-0.1, -0.05) is 12.1 Å². The minimum Gasteiger partial charge on any atom is -0.438 e. The normalized spacial score (nSPS) is 15.5. The van der Waals surface area contributed by atoms with Gasteiger partial charge in [0.25, 0.3) is 21.8 Å². The molecule has 3 rings (SSSR count). The zero-order valence-electron chi connectivity index (χ0n) is 13.7. The molecule has 0 unspecified atom stereocenters. The second-order valence-corrected chi connectivity index (χ2v) is 7.37. The molecular formula is C16H17N3O6S. The van der Waals surface area contributed by atoms with Gasteiger partial charge in [-0.2, -0.15) is 4.31 Å². The zero-order valence-corrected chi connectivity index (χ0v) is 14.5. The Labute approximate surface area is 149 Å². The van der Waals surface area contributed by atoms with Crippen LogP contribution in [0.5, 0.6) is 0 Å². The molecule has 0 saturated carbocycles. The van der Waals surface area contributed by atoms with Crippen LogP contribution in [-0.2, 0) is 14.8 Å². The molecular weight excluding hydrogens is 362 g/mol. The standard InChI is InChI=1S/C16H17N3O6S/c17-12-4-2-1-3-11(12)15(20)18-16(21)13-5-6-14(25-13)26(22,23)19-7-9-24-10-8-19/h1-6H,7-10,17H2,(H,18,20,21). The Morgan fingerprint density at radius 1 is 1.04 bits per heavy atom. The van der Waals surface area contributed by atoms with Gasteiger partial charge in [0.1, 0.15) is 0 Å². The molecule has 3 N–H and O–H groups in total. The maximum Gasteiger partial charge on any atom is 0.293 e. The number of anilines is 1. The van der Waals surface area contributed by atoms with E-state index in [9.17, 15) is 18.0 Å². The molecule has 1 saturated heterocycles. The number of ether oxygens (including phenoxy) is 1. The van der Waals surface area contributed by atoms with Crippen molar-refractivity contribution >= 4 is 27.5 Å². The minimum atomic E-state index is -3.86. The van der Waals surface area contributed by atoms with E-state index in [1.807, 2.05) is 0 Å². The van der Waals surface area contributed by atoms with Crippen LogP contribution in [0.2, 0.25) is 0 Å². The van der Waals surface area contributed by atoms with E-state index in [4.69, 9.17) is 14.9 Å². The highest BCUT2D eigenvalue weighted by Gasteiger charge is 2.30. The average Bonchev–Trinajstić information content (AvgIpc) is 3.14. The van der Waals surface area contributed by atoms with Crippen molar-refractivity contribution in [1.29, 1.82) is 0 Å². The van der Waals surface area contributed by atoms with E-state index in [0.717, 1.165) is 0 Å². The molecule has 1 aromatic carbocycles. The van der Waals surface area contributed by atoms with Gasteiger partial charge in [0.2, 0.25) is 5.09 Å². The van der Waals surface area contributed by atoms with E-state index in [1.165, 1.54) is 28.6 Å². The molecule has 1 aliphatic rings. The topological polar surface area (TPSA) is 132 Å². The van der Waals surface area contributed by atoms with Crippen molar-refractivity contribution in [2.75, 3.05) is 32.0 Å². The van der Waals surface area contributed by atoms with Crippen LogP contribution in [0.15, 0.2) is 45.9 Å². The van der Waals surface area contributed by atoms with Gasteiger partial charge in [-0.3, -0.25) is 14.9 Å². The van der Waals surface area contributed by atoms with E-state index in [2.05, 4.69) is 5.32 Å². The Balaban J connectivity index is 1.74. The molecule has 0 bridgehead atoms. The van der Waals surface area contributed by atoms with Crippen molar-refractivity contribution in [2.45, 2.75) is 5.09 Å². The summed E-state index contributed by atoms with van der Waals surface area (Å²) >= 11 is 0. The first-order valence-electron chi connectivity index (χ1n) is 7.77. The van der Waals surface area contributed by atoms with Crippen LogP contribution >= 0.6 is 0 Å². The number of nitrogens with zero attached hydrogens (tertiary/aromatic N) is 1. The fraction of sp³-hybridized carbons (Fsp3) is 0.250. The van der Waals surface area contributed by atoms with Gasteiger partial charge in [-0.25, -0.2) is 8.42 Å². The Bertz CT molecular complexity index is 931. The zero-order chi connectivity index (χ0) is 18.7. The second-order valence-electron chi connectivity index (χ2n) is 5.51. The third-order valence-electron chi connectivity index (χ3n) is 3.80. The first kappa shape index (κ1) is 18.1. The summed E-state index contributed by atoms with van der Waals surface area (Å²) in [5.41, 5.74) is 6.04. The molecule has 10 heteroatoms. The summed E-state index contributed by atoms with van der Waals surface area (Å²) in [6, 6.07) is 8.64. The fourth-order valence-electron chi connectivity index (χ4n) is 2.43. The first-order chi connectivity index (χ1) is 12.4. The summed E-state index contributed by atoms with van der Waals surface area (Å²) < 4.78 is 36.4. The first-order valence-corrected chi connectivity index (χ1v) is 9.21. The van der Waals surface area contributed by atoms with E-state index in [1.54, 1.807) is 12.1 Å². The van der Waals surface area contributed by atoms with Crippen molar-refractivity contribution in [2.24, 2.45) is 0 Å². The van der Waals surface area contributed by atoms with E-state index in [-0.39, 0.29) is 35.2 Å². The summed E-state index contributed by atoms with van der Waals surface area (Å²) in [5.74, 6) is -1.86. The van der Waals surface area contributed by atoms with Gasteiger partial charge in [-0.15, -0.1) is 0 Å². The molecule has 0 spiro atoms. The van der Waals surface area contributed by atoms with Gasteiger partial charge in [0.15, 0.2) is 5.76 Å². The molecule has 26 heavy (non-hydrogen) atoms. The smallest absolute Gasteiger partial charge is 0.293 e. The van der Waals surface area contributed by atoms with Crippen molar-refractivity contribution in [3.05, 3.63) is 47.7 Å². The molecule has 0 aliphatic carbocycles. The fourth-order valence-corrected chi connectivity index (χ4v) is 3.75. The number of furan rings is 1. The van der Waals surface area contributed by atoms with E-state index < -0.39 is 21.8 Å². The number of carbonyl (C=O) groups excluding carboxylic acids is 2. The van der Waals surface area contributed by atoms with Gasteiger partial charge in [0.05, 0.1) is 18.8 Å². The molecule has 1 aliphatic heterocycles. The second kappa shape index (κ2) is 7.28. The van der Waals surface area contributed by atoms with Crippen LogP contribution in [-0.4, -0.2) is 50.8 Å². The van der Waals surface area contributed by atoms with Crippen molar-refractivity contribution in [1.82, 2.24) is 9.62 Å². The summed E-state index contributed by atoms with van der Waals surface area (Å²) in [5, 5.41) is 1.75. The number of benzene rings is 1. The Morgan fingerprint density at radius 2 is 1.73 bits per heavy atom. The maximum atomic E-state index is 12.5. The molecule has 1 aromatic heterocycles. The van der Waals surface area contributed by atoms with Gasteiger partial charge < -0.3 is 14.9 Å². The Hall–Kier alpha value is -2.69. The summed E-state index contributed by atoms with van der Waals surface area (Å²) in [7, 11) is -3.86. The number of nitrogens with two attached hydrogens (primary N) is 1. The van der Waals surface area contributed by atoms with Crippen molar-refractivity contribution in [3.8, 4) is 0 Å². The number of morpholine rings is 1. The number of rotatable bonds is 4. The predicted octanol–water partition coefficient (Wildman–Crippen LogP) is 0.453. The van der Waals surface area contributed by atoms with Crippen LogP contribution in [0.4, 0.5) is 5.69 Å². The van der Waals surface area contributed by atoms with E-state index in [0.29, 0.717) is 13.2 Å². The third kappa shape index (κ3) is 3.62. The summed E-state index contributed by atoms with van der Waals surface area (Å²) in [4.78, 5) is 24.3. The summed E-state index contributed by atoms with van der Waals surface area (Å²) in [6.45, 7) is 0.993. The molecule has 9 nitrogen and oxygen atoms in total. The van der Waals surface area contributed by atoms with Crippen LogP contribution in [0.25, 0.3) is 0 Å². The largest absolute Gasteiger partial charge is 0.438 e. The van der Waals surface area contributed by atoms with Crippen LogP contribution in [0.1, 0.15) is 20.9 Å². The molecule has 2 aromatic rings. The van der Waals surface area contributed by atoms with E-state index >= 15 is 0 Å². The number of hydrogen-bond acceptors (Lipinski definition) is 7. The van der Waals surface area contributed by atoms with Crippen LogP contribution < -0.4 is 11.1 Å². The SMILES string of the molecule is Nc1ccccc1C(=O)NC(=O)c1ccc(S(=O)(=O)N2CCOCC2)o1. The lowest BCUT2D eigenvalue weighted by atomic mass is 10.1. The minimum absolute atomic E-state index is 0.133. The van der Waals surface area contributed by atoms with Crippen molar-refractivity contribution < 1.29 is 27.2 Å². The van der Waals surface area contributed by atoms with Gasteiger partial charge in [-0.05, 0) is 24.3 Å². The Kier molecular flexibility index (Phi) is 5.07. The molecule has 2 amide bonds. The highest BCUT2D eigenvalue weighted by atomic mass is 32.2. The predicted molar refractivity (Wildman–Crippen MR) is 90.9 cm³/mol. The van der Waals surface area contributed by atoms with Gasteiger partial charge in [0, 0.05) is 18.8 Å². The average molecular weight is 379 g/mol. The van der Waals surface area contributed by atoms with Crippen LogP contribution in [0.3, 0.4) is 0 Å². The number of amides is 2.